The van der Waals surface area contributed by atoms with Crippen molar-refractivity contribution in [1.29, 1.82) is 0 Å². The number of carboxylic acids is 1. The van der Waals surface area contributed by atoms with Gasteiger partial charge in [0.1, 0.15) is 6.61 Å². The molecule has 1 atom stereocenters. The molecule has 1 unspecified atom stereocenters. The Balaban J connectivity index is 3.69. The van der Waals surface area contributed by atoms with Gasteiger partial charge in [-0.15, -0.1) is 0 Å². The van der Waals surface area contributed by atoms with Gasteiger partial charge in [0.2, 0.25) is 0 Å². The summed E-state index contributed by atoms with van der Waals surface area (Å²) in [5, 5.41) is 8.83. The van der Waals surface area contributed by atoms with Gasteiger partial charge < -0.3 is 9.84 Å². The van der Waals surface area contributed by atoms with E-state index >= 15 is 0 Å². The number of esters is 1. The molecule has 0 rings (SSSR count). The number of ether oxygens (including phenoxy) is 1. The topological polar surface area (TPSA) is 63.6 Å². The number of aliphatic carboxylic acids is 1. The zero-order valence-electron chi connectivity index (χ0n) is 6.57. The monoisotopic (exact) mass is 314 g/mol. The fourth-order valence-corrected chi connectivity index (χ4v) is 0.724. The van der Waals surface area contributed by atoms with Crippen molar-refractivity contribution in [3.05, 3.63) is 12.2 Å². The Kier molecular flexibility index (Phi) is 6.89. The first kappa shape index (κ1) is 12.6. The average molecular weight is 316 g/mol. The molecular formula is C7H8Br2O4. The van der Waals surface area contributed by atoms with Gasteiger partial charge in [-0.05, 0) is 0 Å². The summed E-state index contributed by atoms with van der Waals surface area (Å²) in [6.45, 7) is 0.202. The standard InChI is InChI=1S/C7H8Br2O4/c8-3-5(9)4-13-7(12)2-1-6(10)11/h1-2,5H,3-4H2,(H,10,11). The highest BCUT2D eigenvalue weighted by Gasteiger charge is 2.04. The molecular weight excluding hydrogens is 308 g/mol. The molecule has 0 aliphatic carbocycles. The third kappa shape index (κ3) is 7.98. The van der Waals surface area contributed by atoms with Gasteiger partial charge in [-0.1, -0.05) is 31.9 Å². The van der Waals surface area contributed by atoms with E-state index in [-0.39, 0.29) is 11.4 Å². The highest BCUT2D eigenvalue weighted by atomic mass is 79.9. The molecule has 0 heterocycles. The van der Waals surface area contributed by atoms with Crippen LogP contribution in [0.15, 0.2) is 12.2 Å². The van der Waals surface area contributed by atoms with E-state index in [2.05, 4.69) is 36.6 Å². The van der Waals surface area contributed by atoms with E-state index in [0.29, 0.717) is 5.33 Å². The van der Waals surface area contributed by atoms with Gasteiger partial charge in [0.15, 0.2) is 0 Å². The van der Waals surface area contributed by atoms with Crippen molar-refractivity contribution in [2.75, 3.05) is 11.9 Å². The molecule has 0 radical (unpaired) electrons. The Labute approximate surface area is 92.2 Å². The molecule has 4 nitrogen and oxygen atoms in total. The van der Waals surface area contributed by atoms with E-state index in [1.165, 1.54) is 0 Å². The molecule has 1 N–H and O–H groups in total. The van der Waals surface area contributed by atoms with Gasteiger partial charge in [-0.2, -0.15) is 0 Å². The third-order valence-corrected chi connectivity index (χ3v) is 3.17. The highest BCUT2D eigenvalue weighted by molar-refractivity contribution is 9.12. The molecule has 13 heavy (non-hydrogen) atoms. The lowest BCUT2D eigenvalue weighted by molar-refractivity contribution is -0.138. The maximum absolute atomic E-state index is 10.8. The second-order valence-electron chi connectivity index (χ2n) is 2.05. The van der Waals surface area contributed by atoms with Crippen molar-refractivity contribution >= 4 is 43.8 Å². The van der Waals surface area contributed by atoms with Crippen LogP contribution >= 0.6 is 31.9 Å². The molecule has 74 valence electrons. The number of alkyl halides is 2. The zero-order chi connectivity index (χ0) is 10.3. The van der Waals surface area contributed by atoms with Gasteiger partial charge in [0.25, 0.3) is 0 Å². The van der Waals surface area contributed by atoms with Crippen molar-refractivity contribution in [2.45, 2.75) is 4.83 Å². The van der Waals surface area contributed by atoms with Gasteiger partial charge in [0.05, 0.1) is 4.83 Å². The van der Waals surface area contributed by atoms with Crippen LogP contribution in [0.5, 0.6) is 0 Å². The van der Waals surface area contributed by atoms with Crippen LogP contribution < -0.4 is 0 Å². The van der Waals surface area contributed by atoms with Crippen LogP contribution in [0.2, 0.25) is 0 Å². The second kappa shape index (κ2) is 7.08. The van der Waals surface area contributed by atoms with E-state index in [0.717, 1.165) is 12.2 Å². The summed E-state index contributed by atoms with van der Waals surface area (Å²) in [6, 6.07) is 0. The van der Waals surface area contributed by atoms with Crippen LogP contribution in [0.1, 0.15) is 0 Å². The molecule has 0 amide bonds. The van der Waals surface area contributed by atoms with Crippen LogP contribution in [0, 0.1) is 0 Å². The fourth-order valence-electron chi connectivity index (χ4n) is 0.405. The Morgan fingerprint density at radius 2 is 2.08 bits per heavy atom. The second-order valence-corrected chi connectivity index (χ2v) is 4.00. The lowest BCUT2D eigenvalue weighted by Crippen LogP contribution is -2.13. The first-order valence-corrected chi connectivity index (χ1v) is 5.37. The maximum Gasteiger partial charge on any atom is 0.331 e. The minimum Gasteiger partial charge on any atom is -0.478 e. The Morgan fingerprint density at radius 1 is 1.46 bits per heavy atom. The quantitative estimate of drug-likeness (QED) is 0.472. The molecule has 0 aromatic carbocycles. The lowest BCUT2D eigenvalue weighted by atomic mass is 10.5. The van der Waals surface area contributed by atoms with Crippen LogP contribution in [-0.4, -0.2) is 33.8 Å². The zero-order valence-corrected chi connectivity index (χ0v) is 9.75. The molecule has 0 aromatic rings. The van der Waals surface area contributed by atoms with Crippen molar-refractivity contribution < 1.29 is 19.4 Å². The van der Waals surface area contributed by atoms with Gasteiger partial charge in [0, 0.05) is 17.5 Å². The normalized spacial score (nSPS) is 12.8. The van der Waals surface area contributed by atoms with Crippen LogP contribution in [-0.2, 0) is 14.3 Å². The number of hydrogen-bond acceptors (Lipinski definition) is 3. The van der Waals surface area contributed by atoms with E-state index in [9.17, 15) is 9.59 Å². The first-order chi connectivity index (χ1) is 6.06. The van der Waals surface area contributed by atoms with Gasteiger partial charge >= 0.3 is 11.9 Å². The van der Waals surface area contributed by atoms with Crippen molar-refractivity contribution in [1.82, 2.24) is 0 Å². The number of rotatable bonds is 5. The first-order valence-electron chi connectivity index (χ1n) is 3.34. The minimum atomic E-state index is -1.17. The van der Waals surface area contributed by atoms with E-state index in [1.54, 1.807) is 0 Å². The summed E-state index contributed by atoms with van der Waals surface area (Å²) in [5.41, 5.74) is 0. The molecule has 0 spiro atoms. The number of carbonyl (C=O) groups is 2. The minimum absolute atomic E-state index is 0.0367. The number of hydrogen-bond donors (Lipinski definition) is 1. The van der Waals surface area contributed by atoms with Crippen LogP contribution in [0.3, 0.4) is 0 Å². The molecule has 0 fully saturated rings. The summed E-state index contributed by atoms with van der Waals surface area (Å²) >= 11 is 6.40. The molecule has 0 aromatic heterocycles. The van der Waals surface area contributed by atoms with Crippen LogP contribution in [0.25, 0.3) is 0 Å². The van der Waals surface area contributed by atoms with Crippen molar-refractivity contribution in [3.8, 4) is 0 Å². The summed E-state index contributed by atoms with van der Waals surface area (Å²) in [4.78, 5) is 20.8. The average Bonchev–Trinajstić information content (AvgIpc) is 2.10. The SMILES string of the molecule is O=C(O)C=CC(=O)OCC(Br)CBr. The van der Waals surface area contributed by atoms with E-state index in [4.69, 9.17) is 5.11 Å². The highest BCUT2D eigenvalue weighted by Crippen LogP contribution is 2.03. The predicted molar refractivity (Wildman–Crippen MR) is 54.2 cm³/mol. The molecule has 0 saturated carbocycles. The van der Waals surface area contributed by atoms with Gasteiger partial charge in [-0.25, -0.2) is 9.59 Å². The van der Waals surface area contributed by atoms with E-state index < -0.39 is 11.9 Å². The Bertz CT molecular complexity index is 215. The molecule has 0 saturated heterocycles. The van der Waals surface area contributed by atoms with E-state index in [1.807, 2.05) is 0 Å². The predicted octanol–water partition coefficient (Wildman–Crippen LogP) is 1.33. The number of halogens is 2. The third-order valence-electron chi connectivity index (χ3n) is 0.936. The summed E-state index contributed by atoms with van der Waals surface area (Å²) in [7, 11) is 0. The molecule has 6 heteroatoms. The van der Waals surface area contributed by atoms with Crippen molar-refractivity contribution in [3.63, 3.8) is 0 Å². The smallest absolute Gasteiger partial charge is 0.331 e. The molecule has 0 bridgehead atoms. The number of carboxylic acid groups (broad SMARTS) is 1. The summed E-state index contributed by atoms with van der Waals surface area (Å²) in [5.74, 6) is -1.83. The summed E-state index contributed by atoms with van der Waals surface area (Å²) < 4.78 is 4.68. The number of carbonyl (C=O) groups excluding carboxylic acids is 1. The van der Waals surface area contributed by atoms with Gasteiger partial charge in [-0.3, -0.25) is 0 Å². The maximum atomic E-state index is 10.8. The largest absolute Gasteiger partial charge is 0.478 e. The fraction of sp³-hybridized carbons (Fsp3) is 0.429. The van der Waals surface area contributed by atoms with Crippen molar-refractivity contribution in [2.24, 2.45) is 0 Å². The van der Waals surface area contributed by atoms with Crippen LogP contribution in [0.4, 0.5) is 0 Å². The Hall–Kier alpha value is -0.360. The molecule has 0 aliphatic rings. The Morgan fingerprint density at radius 3 is 2.54 bits per heavy atom. The molecule has 0 aliphatic heterocycles. The lowest BCUT2D eigenvalue weighted by Gasteiger charge is -2.04. The summed E-state index contributed by atoms with van der Waals surface area (Å²) in [6.07, 6.45) is 1.61.